The van der Waals surface area contributed by atoms with Crippen LogP contribution in [-0.4, -0.2) is 47.2 Å². The van der Waals surface area contributed by atoms with E-state index in [2.05, 4.69) is 5.32 Å². The average Bonchev–Trinajstić information content (AvgIpc) is 2.78. The fourth-order valence-electron chi connectivity index (χ4n) is 4.79. The third-order valence-electron chi connectivity index (χ3n) is 6.30. The van der Waals surface area contributed by atoms with Gasteiger partial charge in [-0.15, -0.1) is 0 Å². The number of carbonyl (C=O) groups excluding carboxylic acids is 1. The van der Waals surface area contributed by atoms with Gasteiger partial charge in [-0.2, -0.15) is 13.2 Å². The molecule has 10 heteroatoms. The molecule has 2 N–H and O–H groups in total. The summed E-state index contributed by atoms with van der Waals surface area (Å²) in [4.78, 5) is 26.8. The van der Waals surface area contributed by atoms with Crippen LogP contribution in [0.15, 0.2) is 48.5 Å². The number of hydrogen-bond donors (Lipinski definition) is 2. The van der Waals surface area contributed by atoms with Gasteiger partial charge in [-0.25, -0.2) is 0 Å². The molecule has 1 aliphatic rings. The van der Waals surface area contributed by atoms with Crippen LogP contribution >= 0.6 is 23.2 Å². The molecule has 1 saturated heterocycles. The maximum Gasteiger partial charge on any atom is 0.401 e. The minimum atomic E-state index is -4.39. The van der Waals surface area contributed by atoms with Gasteiger partial charge in [0.15, 0.2) is 0 Å². The van der Waals surface area contributed by atoms with Crippen molar-refractivity contribution < 1.29 is 27.9 Å². The van der Waals surface area contributed by atoms with Crippen LogP contribution in [0.1, 0.15) is 49.3 Å². The Morgan fingerprint density at radius 2 is 1.83 bits per heavy atom. The van der Waals surface area contributed by atoms with Crippen LogP contribution in [0.2, 0.25) is 10.0 Å². The van der Waals surface area contributed by atoms with Gasteiger partial charge in [0.1, 0.15) is 0 Å². The Hall–Kier alpha value is -2.29. The first-order valence-corrected chi connectivity index (χ1v) is 12.1. The maximum absolute atomic E-state index is 13.7. The third kappa shape index (κ3) is 7.12. The molecule has 0 spiro atoms. The number of aliphatic carboxylic acids is 1. The molecule has 0 unspecified atom stereocenters. The van der Waals surface area contributed by atoms with Gasteiger partial charge in [0, 0.05) is 34.5 Å². The number of benzene rings is 2. The molecule has 2 aromatic rings. The second-order valence-corrected chi connectivity index (χ2v) is 9.61. The van der Waals surface area contributed by atoms with Crippen molar-refractivity contribution in [2.24, 2.45) is 5.92 Å². The van der Waals surface area contributed by atoms with Gasteiger partial charge in [0.2, 0.25) is 5.91 Å². The zero-order valence-corrected chi connectivity index (χ0v) is 20.6. The molecule has 0 aliphatic carbocycles. The number of nitrogens with one attached hydrogen (secondary N) is 1. The quantitative estimate of drug-likeness (QED) is 0.412. The minimum absolute atomic E-state index is 0.0894. The molecule has 1 aliphatic heterocycles. The van der Waals surface area contributed by atoms with E-state index in [-0.39, 0.29) is 31.2 Å². The van der Waals surface area contributed by atoms with Crippen molar-refractivity contribution >= 4 is 35.1 Å². The fourth-order valence-corrected chi connectivity index (χ4v) is 5.12. The summed E-state index contributed by atoms with van der Waals surface area (Å²) in [6.45, 7) is 0.517. The second-order valence-electron chi connectivity index (χ2n) is 8.74. The Bertz CT molecular complexity index is 1030. The van der Waals surface area contributed by atoms with Gasteiger partial charge in [-0.1, -0.05) is 54.4 Å². The predicted molar refractivity (Wildman–Crippen MR) is 129 cm³/mol. The molecule has 1 fully saturated rings. The van der Waals surface area contributed by atoms with Crippen LogP contribution in [0.4, 0.5) is 13.2 Å². The molecular weight excluding hydrogens is 504 g/mol. The molecule has 0 aromatic heterocycles. The number of nitrogens with zero attached hydrogens (tertiary/aromatic N) is 1. The molecule has 4 atom stereocenters. The zero-order valence-electron chi connectivity index (χ0n) is 19.1. The lowest BCUT2D eigenvalue weighted by Gasteiger charge is -2.48. The second kappa shape index (κ2) is 11.6. The van der Waals surface area contributed by atoms with Crippen molar-refractivity contribution in [2.75, 3.05) is 13.1 Å². The summed E-state index contributed by atoms with van der Waals surface area (Å²) >= 11 is 12.3. The van der Waals surface area contributed by atoms with Gasteiger partial charge in [-0.3, -0.25) is 9.59 Å². The Balaban J connectivity index is 2.09. The van der Waals surface area contributed by atoms with Crippen LogP contribution < -0.4 is 5.32 Å². The lowest BCUT2D eigenvalue weighted by molar-refractivity contribution is -0.152. The van der Waals surface area contributed by atoms with E-state index in [9.17, 15) is 27.9 Å². The van der Waals surface area contributed by atoms with E-state index in [0.717, 1.165) is 11.1 Å². The van der Waals surface area contributed by atoms with Crippen molar-refractivity contribution in [1.29, 1.82) is 0 Å². The number of carbonyl (C=O) groups is 2. The highest BCUT2D eigenvalue weighted by molar-refractivity contribution is 6.30. The van der Waals surface area contributed by atoms with Gasteiger partial charge < -0.3 is 15.3 Å². The van der Waals surface area contributed by atoms with Crippen LogP contribution in [0, 0.1) is 5.92 Å². The van der Waals surface area contributed by atoms with E-state index in [0.29, 0.717) is 16.5 Å². The zero-order chi connectivity index (χ0) is 25.8. The molecule has 190 valence electrons. The Kier molecular flexibility index (Phi) is 9.07. The number of hydrogen-bond acceptors (Lipinski definition) is 3. The number of carboxylic acids is 1. The third-order valence-corrected chi connectivity index (χ3v) is 6.79. The first-order valence-electron chi connectivity index (χ1n) is 11.3. The first kappa shape index (κ1) is 27.3. The summed E-state index contributed by atoms with van der Waals surface area (Å²) in [5.41, 5.74) is 1.58. The topological polar surface area (TPSA) is 69.6 Å². The van der Waals surface area contributed by atoms with Crippen molar-refractivity contribution in [2.45, 2.75) is 50.4 Å². The van der Waals surface area contributed by atoms with Crippen molar-refractivity contribution in [3.8, 4) is 0 Å². The molecule has 2 aromatic carbocycles. The van der Waals surface area contributed by atoms with E-state index in [1.54, 1.807) is 54.3 Å². The van der Waals surface area contributed by atoms with Crippen molar-refractivity contribution in [3.05, 3.63) is 69.7 Å². The predicted octanol–water partition coefficient (Wildman–Crippen LogP) is 6.07. The number of carboxylic acid groups (broad SMARTS) is 1. The van der Waals surface area contributed by atoms with E-state index in [1.165, 1.54) is 0 Å². The van der Waals surface area contributed by atoms with E-state index >= 15 is 0 Å². The van der Waals surface area contributed by atoms with E-state index in [1.807, 2.05) is 6.07 Å². The average molecular weight is 531 g/mol. The van der Waals surface area contributed by atoms with Crippen LogP contribution in [0.5, 0.6) is 0 Å². The standard InChI is InChI=1S/C25H27Cl2F3N2O3/c1-2-20(13-31-14-25(28,29)30)32-23(15-6-8-18(26)9-7-15)21(16-4-3-5-19(27)10-16)11-17(24(32)35)12-22(33)34/h3-10,17,20-21,23,31H,2,11-14H2,1H3,(H,33,34)/t17-,20+,21-,23-/m1/s1. The number of halogens is 5. The number of piperidine rings is 1. The molecule has 0 saturated carbocycles. The lowest BCUT2D eigenvalue weighted by Crippen LogP contribution is -2.55. The summed E-state index contributed by atoms with van der Waals surface area (Å²) < 4.78 is 38.4. The van der Waals surface area contributed by atoms with Gasteiger partial charge in [0.05, 0.1) is 19.0 Å². The van der Waals surface area contributed by atoms with Crippen molar-refractivity contribution in [1.82, 2.24) is 10.2 Å². The molecule has 3 rings (SSSR count). The Morgan fingerprint density at radius 3 is 2.40 bits per heavy atom. The number of rotatable bonds is 9. The molecule has 35 heavy (non-hydrogen) atoms. The van der Waals surface area contributed by atoms with Gasteiger partial charge >= 0.3 is 12.1 Å². The summed E-state index contributed by atoms with van der Waals surface area (Å²) in [6.07, 6.45) is -4.12. The smallest absolute Gasteiger partial charge is 0.401 e. The molecule has 0 bridgehead atoms. The molecule has 1 heterocycles. The molecule has 5 nitrogen and oxygen atoms in total. The Labute approximate surface area is 212 Å². The summed E-state index contributed by atoms with van der Waals surface area (Å²) in [5, 5.41) is 12.9. The van der Waals surface area contributed by atoms with Crippen LogP contribution in [0.3, 0.4) is 0 Å². The van der Waals surface area contributed by atoms with Crippen LogP contribution in [0.25, 0.3) is 0 Å². The number of amides is 1. The first-order chi connectivity index (χ1) is 16.5. The lowest BCUT2D eigenvalue weighted by atomic mass is 9.74. The minimum Gasteiger partial charge on any atom is -0.481 e. The fraction of sp³-hybridized carbons (Fsp3) is 0.440. The monoisotopic (exact) mass is 530 g/mol. The number of alkyl halides is 3. The molecule has 1 amide bonds. The maximum atomic E-state index is 13.7. The highest BCUT2D eigenvalue weighted by Crippen LogP contribution is 2.47. The van der Waals surface area contributed by atoms with Crippen molar-refractivity contribution in [3.63, 3.8) is 0 Å². The normalized spacial score (nSPS) is 21.7. The van der Waals surface area contributed by atoms with E-state index < -0.39 is 36.7 Å². The largest absolute Gasteiger partial charge is 0.481 e. The highest BCUT2D eigenvalue weighted by Gasteiger charge is 2.46. The highest BCUT2D eigenvalue weighted by atomic mass is 35.5. The summed E-state index contributed by atoms with van der Waals surface area (Å²) in [7, 11) is 0. The Morgan fingerprint density at radius 1 is 1.14 bits per heavy atom. The van der Waals surface area contributed by atoms with Crippen LogP contribution in [-0.2, 0) is 9.59 Å². The van der Waals surface area contributed by atoms with E-state index in [4.69, 9.17) is 23.2 Å². The summed E-state index contributed by atoms with van der Waals surface area (Å²) in [6, 6.07) is 13.0. The number of likely N-dealkylation sites (tertiary alicyclic amines) is 1. The molecular formula is C25H27Cl2F3N2O3. The molecule has 0 radical (unpaired) electrons. The summed E-state index contributed by atoms with van der Waals surface area (Å²) in [5.74, 6) is -2.64. The van der Waals surface area contributed by atoms with Gasteiger partial charge in [-0.05, 0) is 48.2 Å². The van der Waals surface area contributed by atoms with Gasteiger partial charge in [0.25, 0.3) is 0 Å². The SMILES string of the molecule is CC[C@@H](CNCC(F)(F)F)N1C(=O)[C@@H](CC(=O)O)C[C@H](c2cccc(Cl)c2)[C@H]1c1ccc(Cl)cc1.